The monoisotopic (exact) mass is 322 g/mol. The van der Waals surface area contributed by atoms with Crippen LogP contribution in [0.2, 0.25) is 0 Å². The summed E-state index contributed by atoms with van der Waals surface area (Å²) in [6.45, 7) is 2.74. The van der Waals surface area contributed by atoms with Gasteiger partial charge in [0.25, 0.3) is 0 Å². The third-order valence-electron chi connectivity index (χ3n) is 4.56. The number of carboxylic acid groups (broad SMARTS) is 1. The van der Waals surface area contributed by atoms with E-state index in [2.05, 4.69) is 30.3 Å². The van der Waals surface area contributed by atoms with Crippen LogP contribution in [0, 0.1) is 0 Å². The third-order valence-corrected chi connectivity index (χ3v) is 4.56. The minimum atomic E-state index is -0.930. The summed E-state index contributed by atoms with van der Waals surface area (Å²) >= 11 is 0. The lowest BCUT2D eigenvalue weighted by atomic mass is 9.76. The van der Waals surface area contributed by atoms with E-state index in [-0.39, 0.29) is 12.0 Å². The number of aliphatic carboxylic acids is 1. The van der Waals surface area contributed by atoms with Crippen molar-refractivity contribution in [3.8, 4) is 0 Å². The van der Waals surface area contributed by atoms with E-state index >= 15 is 0 Å². The van der Waals surface area contributed by atoms with Crippen LogP contribution in [-0.2, 0) is 16.0 Å². The molecule has 0 aromatic heterocycles. The zero-order valence-electron chi connectivity index (χ0n) is 13.8. The molecule has 3 nitrogen and oxygen atoms in total. The summed E-state index contributed by atoms with van der Waals surface area (Å²) in [4.78, 5) is 10.9. The van der Waals surface area contributed by atoms with E-state index in [0.717, 1.165) is 24.0 Å². The van der Waals surface area contributed by atoms with E-state index < -0.39 is 5.97 Å². The highest BCUT2D eigenvalue weighted by molar-refractivity contribution is 5.85. The zero-order chi connectivity index (χ0) is 16.9. The predicted molar refractivity (Wildman–Crippen MR) is 95.1 cm³/mol. The Balaban J connectivity index is 2.03. The highest BCUT2D eigenvalue weighted by Gasteiger charge is 2.29. The lowest BCUT2D eigenvalue weighted by Crippen LogP contribution is -2.26. The van der Waals surface area contributed by atoms with Crippen molar-refractivity contribution in [2.75, 3.05) is 6.61 Å². The van der Waals surface area contributed by atoms with Gasteiger partial charge in [-0.2, -0.15) is 0 Å². The first-order valence-corrected chi connectivity index (χ1v) is 8.38. The van der Waals surface area contributed by atoms with Crippen LogP contribution < -0.4 is 0 Å². The van der Waals surface area contributed by atoms with E-state index in [0.29, 0.717) is 6.61 Å². The average molecular weight is 322 g/mol. The number of carboxylic acids is 1. The van der Waals surface area contributed by atoms with Gasteiger partial charge in [0, 0.05) is 18.6 Å². The normalized spacial score (nSPS) is 20.0. The summed E-state index contributed by atoms with van der Waals surface area (Å²) in [5.41, 5.74) is 4.76. The first-order chi connectivity index (χ1) is 11.7. The van der Waals surface area contributed by atoms with Crippen molar-refractivity contribution in [1.29, 1.82) is 0 Å². The summed E-state index contributed by atoms with van der Waals surface area (Å²) in [7, 11) is 0. The van der Waals surface area contributed by atoms with E-state index in [1.807, 2.05) is 25.1 Å². The van der Waals surface area contributed by atoms with Crippen molar-refractivity contribution in [3.05, 3.63) is 76.9 Å². The molecule has 2 aromatic carbocycles. The first kappa shape index (κ1) is 16.5. The van der Waals surface area contributed by atoms with Gasteiger partial charge in [0.1, 0.15) is 0 Å². The molecule has 2 aromatic rings. The van der Waals surface area contributed by atoms with Gasteiger partial charge in [-0.25, -0.2) is 4.79 Å². The number of rotatable bonds is 5. The predicted octanol–water partition coefficient (Wildman–Crippen LogP) is 4.27. The maximum Gasteiger partial charge on any atom is 0.328 e. The molecule has 0 saturated heterocycles. The Morgan fingerprint density at radius 2 is 1.88 bits per heavy atom. The maximum atomic E-state index is 10.9. The Labute approximate surface area is 142 Å². The van der Waals surface area contributed by atoms with E-state index in [1.165, 1.54) is 17.2 Å². The summed E-state index contributed by atoms with van der Waals surface area (Å²) in [6.07, 6.45) is 4.95. The molecule has 1 N–H and O–H groups in total. The Morgan fingerprint density at radius 1 is 1.17 bits per heavy atom. The zero-order valence-corrected chi connectivity index (χ0v) is 13.8. The minimum absolute atomic E-state index is 0.200. The van der Waals surface area contributed by atoms with Gasteiger partial charge < -0.3 is 9.84 Å². The van der Waals surface area contributed by atoms with E-state index in [4.69, 9.17) is 9.84 Å². The fourth-order valence-electron chi connectivity index (χ4n) is 3.58. The van der Waals surface area contributed by atoms with Crippen LogP contribution in [0.15, 0.2) is 54.6 Å². The van der Waals surface area contributed by atoms with Crippen molar-refractivity contribution in [2.24, 2.45) is 0 Å². The lowest BCUT2D eigenvalue weighted by molar-refractivity contribution is -0.131. The molecule has 0 fully saturated rings. The SMILES string of the molecule is CCOC1Cc2ccccc2C(c2ccccc2/C=C/C(=O)O)C1. The van der Waals surface area contributed by atoms with Gasteiger partial charge in [-0.3, -0.25) is 0 Å². The third kappa shape index (κ3) is 3.57. The first-order valence-electron chi connectivity index (χ1n) is 8.38. The van der Waals surface area contributed by atoms with E-state index in [1.54, 1.807) is 6.08 Å². The van der Waals surface area contributed by atoms with Gasteiger partial charge >= 0.3 is 5.97 Å². The van der Waals surface area contributed by atoms with Gasteiger partial charge in [-0.15, -0.1) is 0 Å². The second-order valence-electron chi connectivity index (χ2n) is 6.07. The highest BCUT2D eigenvalue weighted by atomic mass is 16.5. The second-order valence-corrected chi connectivity index (χ2v) is 6.07. The number of hydrogen-bond donors (Lipinski definition) is 1. The molecule has 0 spiro atoms. The van der Waals surface area contributed by atoms with Crippen LogP contribution >= 0.6 is 0 Å². The fourth-order valence-corrected chi connectivity index (χ4v) is 3.58. The topological polar surface area (TPSA) is 46.5 Å². The molecule has 0 saturated carbocycles. The van der Waals surface area contributed by atoms with Crippen molar-refractivity contribution in [2.45, 2.75) is 31.8 Å². The second kappa shape index (κ2) is 7.45. The smallest absolute Gasteiger partial charge is 0.328 e. The van der Waals surface area contributed by atoms with Crippen molar-refractivity contribution in [1.82, 2.24) is 0 Å². The Bertz CT molecular complexity index is 748. The number of fused-ring (bicyclic) bond motifs is 1. The molecule has 1 aliphatic rings. The van der Waals surface area contributed by atoms with Crippen LogP contribution in [0.3, 0.4) is 0 Å². The standard InChI is InChI=1S/C21H22O3/c1-2-24-17-13-16-8-4-6-10-19(16)20(14-17)18-9-5-3-7-15(18)11-12-21(22)23/h3-12,17,20H,2,13-14H2,1H3,(H,22,23)/b12-11+. The van der Waals surface area contributed by atoms with Crippen LogP contribution in [-0.4, -0.2) is 23.8 Å². The lowest BCUT2D eigenvalue weighted by Gasteiger charge is -2.32. The molecule has 0 heterocycles. The summed E-state index contributed by atoms with van der Waals surface area (Å²) in [6, 6.07) is 16.5. The largest absolute Gasteiger partial charge is 0.478 e. The van der Waals surface area contributed by atoms with Gasteiger partial charge in [0.15, 0.2) is 0 Å². The molecule has 0 bridgehead atoms. The molecule has 2 unspecified atom stereocenters. The molecular formula is C21H22O3. The molecule has 0 radical (unpaired) electrons. The van der Waals surface area contributed by atoms with Crippen molar-refractivity contribution in [3.63, 3.8) is 0 Å². The van der Waals surface area contributed by atoms with Crippen LogP contribution in [0.1, 0.15) is 41.5 Å². The number of carbonyl (C=O) groups is 1. The average Bonchev–Trinajstić information content (AvgIpc) is 2.60. The Kier molecular flexibility index (Phi) is 5.11. The minimum Gasteiger partial charge on any atom is -0.478 e. The summed E-state index contributed by atoms with van der Waals surface area (Å²) in [5, 5.41) is 8.94. The number of hydrogen-bond acceptors (Lipinski definition) is 2. The van der Waals surface area contributed by atoms with Gasteiger partial charge in [0.05, 0.1) is 6.10 Å². The molecule has 2 atom stereocenters. The summed E-state index contributed by atoms with van der Waals surface area (Å²) < 4.78 is 5.92. The Morgan fingerprint density at radius 3 is 2.62 bits per heavy atom. The molecular weight excluding hydrogens is 300 g/mol. The molecule has 1 aliphatic carbocycles. The van der Waals surface area contributed by atoms with Crippen LogP contribution in [0.4, 0.5) is 0 Å². The number of benzene rings is 2. The van der Waals surface area contributed by atoms with Gasteiger partial charge in [-0.1, -0.05) is 48.5 Å². The fraction of sp³-hybridized carbons (Fsp3) is 0.286. The van der Waals surface area contributed by atoms with Crippen molar-refractivity contribution < 1.29 is 14.6 Å². The molecule has 0 aliphatic heterocycles. The molecule has 3 rings (SSSR count). The number of ether oxygens (including phenoxy) is 1. The van der Waals surface area contributed by atoms with Gasteiger partial charge in [-0.05, 0) is 48.1 Å². The van der Waals surface area contributed by atoms with Crippen LogP contribution in [0.5, 0.6) is 0 Å². The quantitative estimate of drug-likeness (QED) is 0.836. The molecule has 124 valence electrons. The van der Waals surface area contributed by atoms with E-state index in [9.17, 15) is 4.79 Å². The maximum absolute atomic E-state index is 10.9. The Hall–Kier alpha value is -2.39. The molecule has 3 heteroatoms. The highest BCUT2D eigenvalue weighted by Crippen LogP contribution is 2.39. The molecule has 0 amide bonds. The van der Waals surface area contributed by atoms with Crippen LogP contribution in [0.25, 0.3) is 6.08 Å². The van der Waals surface area contributed by atoms with Crippen molar-refractivity contribution >= 4 is 12.0 Å². The van der Waals surface area contributed by atoms with Gasteiger partial charge in [0.2, 0.25) is 0 Å². The molecule has 24 heavy (non-hydrogen) atoms. The summed E-state index contributed by atoms with van der Waals surface area (Å²) in [5.74, 6) is -0.706.